The maximum atomic E-state index is 11.8. The first-order valence-corrected chi connectivity index (χ1v) is 7.49. The van der Waals surface area contributed by atoms with Crippen LogP contribution >= 0.6 is 28.1 Å². The molecule has 1 unspecified atom stereocenters. The number of halogens is 1. The van der Waals surface area contributed by atoms with E-state index in [9.17, 15) is 4.79 Å². The van der Waals surface area contributed by atoms with Gasteiger partial charge in [-0.15, -0.1) is 0 Å². The molecule has 6 heteroatoms. The van der Waals surface area contributed by atoms with E-state index in [1.165, 1.54) is 7.11 Å². The van der Waals surface area contributed by atoms with Crippen LogP contribution < -0.4 is 11.1 Å². The summed E-state index contributed by atoms with van der Waals surface area (Å²) in [5, 5.41) is 3.18. The molecule has 0 saturated heterocycles. The van der Waals surface area contributed by atoms with Crippen molar-refractivity contribution in [2.75, 3.05) is 12.4 Å². The van der Waals surface area contributed by atoms with Crippen LogP contribution in [-0.2, 0) is 9.53 Å². The van der Waals surface area contributed by atoms with E-state index in [1.807, 2.05) is 32.0 Å². The Morgan fingerprint density at radius 1 is 1.50 bits per heavy atom. The number of nitrogens with two attached hydrogens (primary N) is 1. The first-order valence-electron chi connectivity index (χ1n) is 6.28. The summed E-state index contributed by atoms with van der Waals surface area (Å²) in [6.07, 6.45) is 0.666. The van der Waals surface area contributed by atoms with E-state index in [0.717, 1.165) is 10.2 Å². The van der Waals surface area contributed by atoms with E-state index >= 15 is 0 Å². The number of hydrogen-bond donors (Lipinski definition) is 2. The second-order valence-corrected chi connectivity index (χ2v) is 6.26. The molecule has 3 N–H and O–H groups in total. The van der Waals surface area contributed by atoms with Gasteiger partial charge in [0, 0.05) is 15.7 Å². The molecule has 0 aliphatic rings. The van der Waals surface area contributed by atoms with Gasteiger partial charge in [0.1, 0.15) is 11.0 Å². The molecule has 0 aliphatic carbocycles. The smallest absolute Gasteiger partial charge is 0.328 e. The fraction of sp³-hybridized carbons (Fsp3) is 0.429. The number of thiocarbonyl (C=S) groups is 1. The predicted octanol–water partition coefficient (Wildman–Crippen LogP) is 3.08. The molecule has 4 nitrogen and oxygen atoms in total. The Bertz CT molecular complexity index is 506. The molecule has 0 fully saturated rings. The van der Waals surface area contributed by atoms with Gasteiger partial charge in [0.2, 0.25) is 0 Å². The van der Waals surface area contributed by atoms with Gasteiger partial charge >= 0.3 is 5.97 Å². The summed E-state index contributed by atoms with van der Waals surface area (Å²) in [6, 6.07) is 5.12. The summed E-state index contributed by atoms with van der Waals surface area (Å²) in [5.41, 5.74) is 7.16. The second kappa shape index (κ2) is 7.59. The van der Waals surface area contributed by atoms with E-state index in [0.29, 0.717) is 17.9 Å². The zero-order valence-electron chi connectivity index (χ0n) is 11.8. The van der Waals surface area contributed by atoms with Crippen molar-refractivity contribution < 1.29 is 9.53 Å². The van der Waals surface area contributed by atoms with Crippen molar-refractivity contribution in [3.8, 4) is 0 Å². The lowest BCUT2D eigenvalue weighted by Crippen LogP contribution is -2.33. The number of benzene rings is 1. The highest BCUT2D eigenvalue weighted by Gasteiger charge is 2.21. The monoisotopic (exact) mass is 358 g/mol. The van der Waals surface area contributed by atoms with E-state index < -0.39 is 6.04 Å². The molecule has 0 heterocycles. The summed E-state index contributed by atoms with van der Waals surface area (Å²) in [6.45, 7) is 4.10. The van der Waals surface area contributed by atoms with Crippen LogP contribution in [-0.4, -0.2) is 24.1 Å². The Morgan fingerprint density at radius 2 is 2.15 bits per heavy atom. The molecule has 110 valence electrons. The van der Waals surface area contributed by atoms with Crippen LogP contribution in [0.4, 0.5) is 5.69 Å². The second-order valence-electron chi connectivity index (χ2n) is 4.90. The SMILES string of the molecule is COC(=O)C(CC(C)C)Nc1ccc(Br)cc1C(N)=S. The van der Waals surface area contributed by atoms with Gasteiger partial charge in [0.15, 0.2) is 0 Å². The number of hydrogen-bond acceptors (Lipinski definition) is 4. The molecule has 0 spiro atoms. The molecule has 0 aromatic heterocycles. The molecule has 1 atom stereocenters. The molecule has 1 aromatic carbocycles. The Kier molecular flexibility index (Phi) is 6.42. The van der Waals surface area contributed by atoms with Gasteiger partial charge in [-0.25, -0.2) is 4.79 Å². The van der Waals surface area contributed by atoms with Crippen LogP contribution in [0.3, 0.4) is 0 Å². The third kappa shape index (κ3) is 4.76. The van der Waals surface area contributed by atoms with Crippen LogP contribution in [0.2, 0.25) is 0 Å². The minimum absolute atomic E-state index is 0.280. The van der Waals surface area contributed by atoms with Crippen LogP contribution in [0.5, 0.6) is 0 Å². The standard InChI is InChI=1S/C14H19BrN2O2S/c1-8(2)6-12(14(18)19-3)17-11-5-4-9(15)7-10(11)13(16)20/h4-5,7-8,12,17H,6H2,1-3H3,(H2,16,20). The van der Waals surface area contributed by atoms with Crippen molar-refractivity contribution in [1.29, 1.82) is 0 Å². The molecule has 0 amide bonds. The lowest BCUT2D eigenvalue weighted by Gasteiger charge is -2.21. The molecule has 0 saturated carbocycles. The number of esters is 1. The lowest BCUT2D eigenvalue weighted by molar-refractivity contribution is -0.141. The van der Waals surface area contributed by atoms with Crippen LogP contribution in [0.25, 0.3) is 0 Å². The number of carbonyl (C=O) groups excluding carboxylic acids is 1. The topological polar surface area (TPSA) is 64.3 Å². The highest BCUT2D eigenvalue weighted by Crippen LogP contribution is 2.23. The molecular formula is C14H19BrN2O2S. The Hall–Kier alpha value is -1.14. The molecular weight excluding hydrogens is 340 g/mol. The van der Waals surface area contributed by atoms with Gasteiger partial charge < -0.3 is 15.8 Å². The molecule has 1 aromatic rings. The summed E-state index contributed by atoms with van der Waals surface area (Å²) in [4.78, 5) is 12.1. The van der Waals surface area contributed by atoms with Gasteiger partial charge in [-0.05, 0) is 30.5 Å². The third-order valence-electron chi connectivity index (χ3n) is 2.77. The molecule has 0 radical (unpaired) electrons. The van der Waals surface area contributed by atoms with E-state index in [-0.39, 0.29) is 11.0 Å². The fourth-order valence-electron chi connectivity index (χ4n) is 1.86. The number of ether oxygens (including phenoxy) is 1. The van der Waals surface area contributed by atoms with Gasteiger partial charge in [-0.1, -0.05) is 42.0 Å². The number of rotatable bonds is 6. The number of methoxy groups -OCH3 is 1. The van der Waals surface area contributed by atoms with E-state index in [2.05, 4.69) is 21.2 Å². The maximum Gasteiger partial charge on any atom is 0.328 e. The highest BCUT2D eigenvalue weighted by molar-refractivity contribution is 9.10. The summed E-state index contributed by atoms with van der Waals surface area (Å²) in [5.74, 6) is 0.0610. The minimum atomic E-state index is -0.422. The highest BCUT2D eigenvalue weighted by atomic mass is 79.9. The van der Waals surface area contributed by atoms with E-state index in [4.69, 9.17) is 22.7 Å². The largest absolute Gasteiger partial charge is 0.467 e. The van der Waals surface area contributed by atoms with Crippen molar-refractivity contribution in [3.05, 3.63) is 28.2 Å². The molecule has 0 bridgehead atoms. The summed E-state index contributed by atoms with van der Waals surface area (Å²) in [7, 11) is 1.38. The Labute approximate surface area is 133 Å². The average molecular weight is 359 g/mol. The van der Waals surface area contributed by atoms with Gasteiger partial charge in [-0.3, -0.25) is 0 Å². The zero-order valence-corrected chi connectivity index (χ0v) is 14.2. The molecule has 20 heavy (non-hydrogen) atoms. The number of nitrogens with one attached hydrogen (secondary N) is 1. The van der Waals surface area contributed by atoms with Crippen LogP contribution in [0, 0.1) is 5.92 Å². The van der Waals surface area contributed by atoms with Gasteiger partial charge in [0.05, 0.1) is 7.11 Å². The quantitative estimate of drug-likeness (QED) is 0.604. The Morgan fingerprint density at radius 3 is 2.65 bits per heavy atom. The first kappa shape index (κ1) is 16.9. The zero-order chi connectivity index (χ0) is 15.3. The lowest BCUT2D eigenvalue weighted by atomic mass is 10.0. The summed E-state index contributed by atoms with van der Waals surface area (Å²) < 4.78 is 5.71. The predicted molar refractivity (Wildman–Crippen MR) is 88.9 cm³/mol. The van der Waals surface area contributed by atoms with Crippen LogP contribution in [0.15, 0.2) is 22.7 Å². The van der Waals surface area contributed by atoms with Crippen molar-refractivity contribution in [1.82, 2.24) is 0 Å². The summed E-state index contributed by atoms with van der Waals surface area (Å²) >= 11 is 8.42. The fourth-order valence-corrected chi connectivity index (χ4v) is 2.39. The van der Waals surface area contributed by atoms with Gasteiger partial charge in [-0.2, -0.15) is 0 Å². The van der Waals surface area contributed by atoms with Crippen molar-refractivity contribution in [3.63, 3.8) is 0 Å². The first-order chi connectivity index (χ1) is 9.35. The normalized spacial score (nSPS) is 12.1. The van der Waals surface area contributed by atoms with Gasteiger partial charge in [0.25, 0.3) is 0 Å². The average Bonchev–Trinajstić information content (AvgIpc) is 2.38. The third-order valence-corrected chi connectivity index (χ3v) is 3.48. The maximum absolute atomic E-state index is 11.8. The number of carbonyl (C=O) groups is 1. The molecule has 0 aliphatic heterocycles. The van der Waals surface area contributed by atoms with Crippen LogP contribution in [0.1, 0.15) is 25.8 Å². The number of anilines is 1. The Balaban J connectivity index is 3.04. The van der Waals surface area contributed by atoms with Crippen molar-refractivity contribution in [2.45, 2.75) is 26.3 Å². The molecule has 1 rings (SSSR count). The van der Waals surface area contributed by atoms with E-state index in [1.54, 1.807) is 0 Å². The van der Waals surface area contributed by atoms with Crippen molar-refractivity contribution in [2.24, 2.45) is 11.7 Å². The minimum Gasteiger partial charge on any atom is -0.467 e. The van der Waals surface area contributed by atoms with Crippen molar-refractivity contribution >= 4 is 44.8 Å².